The van der Waals surface area contributed by atoms with Crippen molar-refractivity contribution in [3.63, 3.8) is 0 Å². The lowest BCUT2D eigenvalue weighted by Crippen LogP contribution is -2.43. The molecule has 2 N–H and O–H groups in total. The Morgan fingerprint density at radius 2 is 2.08 bits per heavy atom. The van der Waals surface area contributed by atoms with Gasteiger partial charge in [0.2, 0.25) is 0 Å². The molecule has 1 aromatic carbocycles. The van der Waals surface area contributed by atoms with E-state index in [9.17, 15) is 13.2 Å². The quantitative estimate of drug-likeness (QED) is 0.874. The number of hydrogen-bond donors (Lipinski definition) is 2. The Bertz CT molecular complexity index is 800. The summed E-state index contributed by atoms with van der Waals surface area (Å²) in [5, 5.41) is 5.57. The van der Waals surface area contributed by atoms with Gasteiger partial charge >= 0.3 is 6.03 Å². The summed E-state index contributed by atoms with van der Waals surface area (Å²) in [5.41, 5.74) is 1.96. The van der Waals surface area contributed by atoms with Gasteiger partial charge in [0, 0.05) is 24.1 Å². The Kier molecular flexibility index (Phi) is 4.57. The van der Waals surface area contributed by atoms with Crippen molar-refractivity contribution in [2.75, 3.05) is 11.5 Å². The molecule has 0 radical (unpaired) electrons. The molecule has 3 rings (SSSR count). The van der Waals surface area contributed by atoms with Gasteiger partial charge in [0.1, 0.15) is 0 Å². The molecule has 2 amide bonds. The molecule has 1 aliphatic heterocycles. The van der Waals surface area contributed by atoms with E-state index in [0.717, 1.165) is 11.3 Å². The van der Waals surface area contributed by atoms with E-state index in [-0.39, 0.29) is 29.6 Å². The molecule has 7 nitrogen and oxygen atoms in total. The number of benzene rings is 1. The van der Waals surface area contributed by atoms with Crippen LogP contribution in [0.15, 0.2) is 43.0 Å². The fourth-order valence-electron chi connectivity index (χ4n) is 2.76. The van der Waals surface area contributed by atoms with Gasteiger partial charge in [-0.05, 0) is 31.0 Å². The average Bonchev–Trinajstić information content (AvgIpc) is 3.17. The van der Waals surface area contributed by atoms with Gasteiger partial charge in [0.25, 0.3) is 0 Å². The maximum absolute atomic E-state index is 12.0. The first-order valence-electron chi connectivity index (χ1n) is 7.79. The number of nitrogens with zero attached hydrogens (tertiary/aromatic N) is 2. The van der Waals surface area contributed by atoms with Gasteiger partial charge in [-0.25, -0.2) is 18.2 Å². The van der Waals surface area contributed by atoms with E-state index in [4.69, 9.17) is 0 Å². The van der Waals surface area contributed by atoms with Crippen molar-refractivity contribution in [3.05, 3.63) is 48.5 Å². The molecule has 24 heavy (non-hydrogen) atoms. The number of imidazole rings is 1. The molecule has 0 spiro atoms. The fourth-order valence-corrected chi connectivity index (χ4v) is 4.44. The van der Waals surface area contributed by atoms with Gasteiger partial charge in [-0.15, -0.1) is 0 Å². The second-order valence-electron chi connectivity index (χ2n) is 6.00. The maximum atomic E-state index is 12.0. The first kappa shape index (κ1) is 16.5. The average molecular weight is 348 g/mol. The van der Waals surface area contributed by atoms with Crippen molar-refractivity contribution >= 4 is 15.9 Å². The van der Waals surface area contributed by atoms with Crippen molar-refractivity contribution < 1.29 is 13.2 Å². The Hall–Kier alpha value is -2.35. The van der Waals surface area contributed by atoms with Crippen molar-refractivity contribution in [1.82, 2.24) is 20.2 Å². The van der Waals surface area contributed by atoms with Crippen LogP contribution in [0.4, 0.5) is 4.79 Å². The number of amides is 2. The highest BCUT2D eigenvalue weighted by Crippen LogP contribution is 2.16. The molecule has 2 atom stereocenters. The first-order chi connectivity index (χ1) is 11.4. The van der Waals surface area contributed by atoms with Crippen LogP contribution in [0.25, 0.3) is 5.69 Å². The standard InChI is InChI=1S/C16H20N4O3S/c1-12(18-16(21)19-14-6-9-24(22,23)10-14)13-2-4-15(5-3-13)20-8-7-17-11-20/h2-5,7-8,11-12,14H,6,9-10H2,1H3,(H2,18,19,21). The molecule has 1 aromatic heterocycles. The van der Waals surface area contributed by atoms with Gasteiger partial charge in [0.05, 0.1) is 23.9 Å². The normalized spacial score (nSPS) is 20.5. The molecule has 2 aromatic rings. The van der Waals surface area contributed by atoms with E-state index in [1.165, 1.54) is 0 Å². The van der Waals surface area contributed by atoms with E-state index in [0.29, 0.717) is 6.42 Å². The molecule has 1 fully saturated rings. The Morgan fingerprint density at radius 1 is 1.33 bits per heavy atom. The monoisotopic (exact) mass is 348 g/mol. The van der Waals surface area contributed by atoms with Crippen LogP contribution in [0.2, 0.25) is 0 Å². The van der Waals surface area contributed by atoms with Crippen molar-refractivity contribution in [2.45, 2.75) is 25.4 Å². The molecule has 1 aliphatic rings. The highest BCUT2D eigenvalue weighted by atomic mass is 32.2. The van der Waals surface area contributed by atoms with E-state index in [2.05, 4.69) is 15.6 Å². The number of rotatable bonds is 4. The Balaban J connectivity index is 1.56. The summed E-state index contributed by atoms with van der Waals surface area (Å²) in [5.74, 6) is 0.164. The molecule has 8 heteroatoms. The predicted molar refractivity (Wildman–Crippen MR) is 90.7 cm³/mol. The SMILES string of the molecule is CC(NC(=O)NC1CCS(=O)(=O)C1)c1ccc(-n2ccnc2)cc1. The first-order valence-corrected chi connectivity index (χ1v) is 9.61. The third-order valence-corrected chi connectivity index (χ3v) is 5.88. The van der Waals surface area contributed by atoms with E-state index in [1.54, 1.807) is 12.5 Å². The minimum Gasteiger partial charge on any atom is -0.334 e. The lowest BCUT2D eigenvalue weighted by atomic mass is 10.1. The van der Waals surface area contributed by atoms with Crippen LogP contribution in [-0.4, -0.2) is 41.5 Å². The zero-order valence-corrected chi connectivity index (χ0v) is 14.2. The second kappa shape index (κ2) is 6.64. The summed E-state index contributed by atoms with van der Waals surface area (Å²) in [6, 6.07) is 6.97. The van der Waals surface area contributed by atoms with Gasteiger partial charge in [-0.1, -0.05) is 12.1 Å². The number of nitrogens with one attached hydrogen (secondary N) is 2. The molecular weight excluding hydrogens is 328 g/mol. The molecule has 2 unspecified atom stereocenters. The summed E-state index contributed by atoms with van der Waals surface area (Å²) in [6.45, 7) is 1.89. The minimum absolute atomic E-state index is 0.0222. The topological polar surface area (TPSA) is 93.1 Å². The van der Waals surface area contributed by atoms with Crippen molar-refractivity contribution in [2.24, 2.45) is 0 Å². The van der Waals surface area contributed by atoms with Gasteiger partial charge in [-0.3, -0.25) is 0 Å². The third kappa shape index (κ3) is 3.94. The van der Waals surface area contributed by atoms with Crippen LogP contribution in [0.5, 0.6) is 0 Å². The number of urea groups is 1. The van der Waals surface area contributed by atoms with Crippen LogP contribution in [0, 0.1) is 0 Å². The van der Waals surface area contributed by atoms with Crippen LogP contribution in [0.3, 0.4) is 0 Å². The van der Waals surface area contributed by atoms with Gasteiger partial charge in [0.15, 0.2) is 9.84 Å². The summed E-state index contributed by atoms with van der Waals surface area (Å²) < 4.78 is 24.7. The van der Waals surface area contributed by atoms with Crippen molar-refractivity contribution in [1.29, 1.82) is 0 Å². The minimum atomic E-state index is -3.00. The second-order valence-corrected chi connectivity index (χ2v) is 8.23. The third-order valence-electron chi connectivity index (χ3n) is 4.11. The number of hydrogen-bond acceptors (Lipinski definition) is 4. The van der Waals surface area contributed by atoms with Crippen LogP contribution < -0.4 is 10.6 Å². The summed E-state index contributed by atoms with van der Waals surface area (Å²) >= 11 is 0. The van der Waals surface area contributed by atoms with Gasteiger partial charge in [-0.2, -0.15) is 0 Å². The Morgan fingerprint density at radius 3 is 2.67 bits per heavy atom. The largest absolute Gasteiger partial charge is 0.334 e. The molecule has 2 heterocycles. The smallest absolute Gasteiger partial charge is 0.315 e. The predicted octanol–water partition coefficient (Wildman–Crippen LogP) is 1.42. The fraction of sp³-hybridized carbons (Fsp3) is 0.375. The number of sulfone groups is 1. The molecule has 0 aliphatic carbocycles. The van der Waals surface area contributed by atoms with E-state index < -0.39 is 9.84 Å². The maximum Gasteiger partial charge on any atom is 0.315 e. The van der Waals surface area contributed by atoms with E-state index >= 15 is 0 Å². The zero-order chi connectivity index (χ0) is 17.2. The van der Waals surface area contributed by atoms with Crippen LogP contribution in [0.1, 0.15) is 24.9 Å². The molecule has 0 saturated carbocycles. The number of carbonyl (C=O) groups excluding carboxylic acids is 1. The highest BCUT2D eigenvalue weighted by Gasteiger charge is 2.29. The Labute approximate surface area is 141 Å². The molecular formula is C16H20N4O3S. The zero-order valence-electron chi connectivity index (χ0n) is 13.3. The summed E-state index contributed by atoms with van der Waals surface area (Å²) in [6.07, 6.45) is 5.77. The van der Waals surface area contributed by atoms with E-state index in [1.807, 2.05) is 42.0 Å². The molecule has 0 bridgehead atoms. The lowest BCUT2D eigenvalue weighted by Gasteiger charge is -2.17. The highest BCUT2D eigenvalue weighted by molar-refractivity contribution is 7.91. The van der Waals surface area contributed by atoms with Crippen LogP contribution >= 0.6 is 0 Å². The summed E-state index contributed by atoms with van der Waals surface area (Å²) in [7, 11) is -3.00. The van der Waals surface area contributed by atoms with Gasteiger partial charge < -0.3 is 15.2 Å². The number of aromatic nitrogens is 2. The molecule has 128 valence electrons. The van der Waals surface area contributed by atoms with Crippen LogP contribution in [-0.2, 0) is 9.84 Å². The van der Waals surface area contributed by atoms with Crippen molar-refractivity contribution in [3.8, 4) is 5.69 Å². The molecule has 1 saturated heterocycles. The number of carbonyl (C=O) groups is 1. The summed E-state index contributed by atoms with van der Waals surface area (Å²) in [4.78, 5) is 16.0. The lowest BCUT2D eigenvalue weighted by molar-refractivity contribution is 0.235.